The topological polar surface area (TPSA) is 74.6 Å². The van der Waals surface area contributed by atoms with Gasteiger partial charge in [-0.3, -0.25) is 0 Å². The van der Waals surface area contributed by atoms with Gasteiger partial charge in [0.1, 0.15) is 0 Å². The van der Waals surface area contributed by atoms with Crippen molar-refractivity contribution in [2.45, 2.75) is 77.4 Å². The van der Waals surface area contributed by atoms with Crippen LogP contribution in [0.25, 0.3) is 0 Å². The zero-order valence-corrected chi connectivity index (χ0v) is 14.3. The van der Waals surface area contributed by atoms with Gasteiger partial charge in [-0.2, -0.15) is 0 Å². The minimum absolute atomic E-state index is 0.0675. The van der Waals surface area contributed by atoms with E-state index >= 15 is 0 Å². The second kappa shape index (κ2) is 13.7. The van der Waals surface area contributed by atoms with Crippen LogP contribution in [-0.4, -0.2) is 17.1 Å². The van der Waals surface area contributed by atoms with Crippen molar-refractivity contribution in [3.63, 3.8) is 0 Å². The molecule has 0 bridgehead atoms. The van der Waals surface area contributed by atoms with E-state index in [1.807, 2.05) is 0 Å². The van der Waals surface area contributed by atoms with Gasteiger partial charge in [-0.05, 0) is 0 Å². The van der Waals surface area contributed by atoms with Gasteiger partial charge in [0.2, 0.25) is 0 Å². The second-order valence-electron chi connectivity index (χ2n) is 4.51. The van der Waals surface area contributed by atoms with Gasteiger partial charge in [0.25, 0.3) is 0 Å². The van der Waals surface area contributed by atoms with Crippen molar-refractivity contribution < 1.29 is 29.5 Å². The Bertz CT molecular complexity index is 228. The Balaban J connectivity index is 0. The third kappa shape index (κ3) is 25.2. The van der Waals surface area contributed by atoms with Crippen LogP contribution in [0.3, 0.4) is 0 Å². The van der Waals surface area contributed by atoms with E-state index in [-0.39, 0.29) is 8.80 Å². The molecule has 0 saturated heterocycles. The monoisotopic (exact) mass is 317 g/mol. The van der Waals surface area contributed by atoms with E-state index in [4.69, 9.17) is 15.9 Å². The zero-order valence-electron chi connectivity index (χ0n) is 12.0. The molecule has 0 aliphatic carbocycles. The van der Waals surface area contributed by atoms with Gasteiger partial charge in [0.15, 0.2) is 0 Å². The van der Waals surface area contributed by atoms with E-state index in [1.54, 1.807) is 18.1 Å². The summed E-state index contributed by atoms with van der Waals surface area (Å²) in [5, 5.41) is 0. The van der Waals surface area contributed by atoms with Crippen LogP contribution in [0.1, 0.15) is 59.3 Å². The van der Waals surface area contributed by atoms with Crippen LogP contribution in [0.4, 0.5) is 0 Å². The summed E-state index contributed by atoms with van der Waals surface area (Å²) in [5.74, 6) is 0. The molecule has 0 spiro atoms. The molecule has 0 saturated carbocycles. The minimum atomic E-state index is -5.25. The Morgan fingerprint density at radius 1 is 0.778 bits per heavy atom. The maximum atomic E-state index is 8.82. The van der Waals surface area contributed by atoms with Gasteiger partial charge in [0, 0.05) is 8.80 Å². The van der Waals surface area contributed by atoms with Crippen LogP contribution in [0.5, 0.6) is 0 Å². The van der Waals surface area contributed by atoms with Crippen molar-refractivity contribution in [3.05, 3.63) is 0 Å². The molecule has 0 amide bonds. The summed E-state index contributed by atoms with van der Waals surface area (Å²) in [6, 6.07) is 4.75. The molecule has 0 rings (SSSR count). The summed E-state index contributed by atoms with van der Waals surface area (Å²) in [5.41, 5.74) is 0. The molecule has 0 atom stereocenters. The van der Waals surface area contributed by atoms with Crippen molar-refractivity contribution in [1.29, 1.82) is 0 Å². The summed E-state index contributed by atoms with van der Waals surface area (Å²) in [4.78, 5) is 0. The molecule has 6 heteroatoms. The zero-order chi connectivity index (χ0) is 14.4. The van der Waals surface area contributed by atoms with Gasteiger partial charge in [-0.25, -0.2) is 0 Å². The molecule has 0 fully saturated rings. The first-order valence-electron chi connectivity index (χ1n) is 6.88. The summed E-state index contributed by atoms with van der Waals surface area (Å²) in [6.07, 6.45) is 8.65. The van der Waals surface area contributed by atoms with E-state index in [2.05, 4.69) is 20.8 Å². The molecule has 0 aromatic heterocycles. The summed E-state index contributed by atoms with van der Waals surface area (Å²) in [7, 11) is 0.0675. The SMILES string of the molecule is CCCC[Si](CCCC)CCCC.[O]=[Cr](=[O])([OH])[OH]. The summed E-state index contributed by atoms with van der Waals surface area (Å²) >= 11 is -5.25. The van der Waals surface area contributed by atoms with E-state index in [0.717, 1.165) is 0 Å². The maximum absolute atomic E-state index is 8.82. The first-order chi connectivity index (χ1) is 8.35. The number of hydrogen-bond donors (Lipinski definition) is 2. The molecule has 0 heterocycles. The van der Waals surface area contributed by atoms with E-state index in [1.165, 1.54) is 38.5 Å². The van der Waals surface area contributed by atoms with E-state index < -0.39 is 13.6 Å². The Morgan fingerprint density at radius 3 is 1.17 bits per heavy atom. The fraction of sp³-hybridized carbons (Fsp3) is 1.00. The number of rotatable bonds is 9. The molecule has 0 aliphatic rings. The summed E-state index contributed by atoms with van der Waals surface area (Å²) < 4.78 is 31.9. The third-order valence-corrected chi connectivity index (χ3v) is 5.83. The van der Waals surface area contributed by atoms with Gasteiger partial charge in [-0.1, -0.05) is 77.4 Å². The fourth-order valence-corrected chi connectivity index (χ4v) is 4.97. The first-order valence-corrected chi connectivity index (χ1v) is 11.2. The normalized spacial score (nSPS) is 11.2. The third-order valence-electron chi connectivity index (χ3n) is 2.65. The van der Waals surface area contributed by atoms with Crippen LogP contribution in [0.15, 0.2) is 0 Å². The predicted octanol–water partition coefficient (Wildman–Crippen LogP) is 3.53. The van der Waals surface area contributed by atoms with Crippen molar-refractivity contribution in [2.75, 3.05) is 0 Å². The predicted molar refractivity (Wildman–Crippen MR) is 70.7 cm³/mol. The number of unbranched alkanes of at least 4 members (excludes halogenated alkanes) is 3. The quantitative estimate of drug-likeness (QED) is 0.638. The average Bonchev–Trinajstić information content (AvgIpc) is 2.26. The van der Waals surface area contributed by atoms with Gasteiger partial charge >= 0.3 is 29.5 Å². The fourth-order valence-electron chi connectivity index (χ4n) is 1.66. The molecule has 0 aliphatic heterocycles. The molecule has 4 nitrogen and oxygen atoms in total. The van der Waals surface area contributed by atoms with Gasteiger partial charge in [0.05, 0.1) is 0 Å². The molecule has 0 aromatic rings. The van der Waals surface area contributed by atoms with E-state index in [0.29, 0.717) is 0 Å². The Hall–Kier alpha value is 0.269. The molecule has 2 N–H and O–H groups in total. The first kappa shape index (κ1) is 20.6. The summed E-state index contributed by atoms with van der Waals surface area (Å²) in [6.45, 7) is 6.96. The molecule has 1 radical (unpaired) electrons. The van der Waals surface area contributed by atoms with Gasteiger partial charge in [-0.15, -0.1) is 0 Å². The van der Waals surface area contributed by atoms with Crippen molar-refractivity contribution in [1.82, 2.24) is 0 Å². The molecule has 111 valence electrons. The van der Waals surface area contributed by atoms with Gasteiger partial charge < -0.3 is 0 Å². The number of hydrogen-bond acceptors (Lipinski definition) is 2. The van der Waals surface area contributed by atoms with Crippen LogP contribution < -0.4 is 0 Å². The van der Waals surface area contributed by atoms with Crippen molar-refractivity contribution in [2.24, 2.45) is 0 Å². The molecule has 0 aromatic carbocycles. The van der Waals surface area contributed by atoms with Crippen LogP contribution in [0, 0.1) is 0 Å². The Morgan fingerprint density at radius 2 is 1.00 bits per heavy atom. The Labute approximate surface area is 116 Å². The van der Waals surface area contributed by atoms with Crippen LogP contribution in [0.2, 0.25) is 18.1 Å². The average molecular weight is 317 g/mol. The van der Waals surface area contributed by atoms with E-state index in [9.17, 15) is 0 Å². The Kier molecular flexibility index (Phi) is 15.7. The van der Waals surface area contributed by atoms with Crippen LogP contribution >= 0.6 is 0 Å². The molecular weight excluding hydrogens is 288 g/mol. The molecular formula is C12H29CrO4Si. The molecule has 0 unspecified atom stereocenters. The van der Waals surface area contributed by atoms with Crippen molar-refractivity contribution >= 4 is 8.80 Å². The van der Waals surface area contributed by atoms with Crippen LogP contribution in [-0.2, 0) is 21.2 Å². The standard InChI is InChI=1S/C12H27Si.Cr.2H2O.2O/c1-4-7-10-13(11-8-5-2)12-9-6-3;;;;;/h4-12H2,1-3H3;;2*1H2;;/q;+2;;;;/p-2. The molecule has 18 heavy (non-hydrogen) atoms. The van der Waals surface area contributed by atoms with Crippen molar-refractivity contribution in [3.8, 4) is 0 Å². The second-order valence-corrected chi connectivity index (χ2v) is 8.91.